The maximum Gasteiger partial charge on any atom is 0.279 e. The van der Waals surface area contributed by atoms with E-state index in [0.717, 1.165) is 5.56 Å². The van der Waals surface area contributed by atoms with Gasteiger partial charge in [-0.15, -0.1) is 0 Å². The molecule has 2 aromatic rings. The van der Waals surface area contributed by atoms with E-state index in [0.29, 0.717) is 17.2 Å². The molecule has 5 heteroatoms. The number of aryl methyl sites for hydroxylation is 1. The molecular formula is C20H24N2O3. The van der Waals surface area contributed by atoms with E-state index in [9.17, 15) is 9.59 Å². The third-order valence-electron chi connectivity index (χ3n) is 3.92. The van der Waals surface area contributed by atoms with Crippen LogP contribution in [0.2, 0.25) is 0 Å². The molecule has 0 aliphatic rings. The van der Waals surface area contributed by atoms with Crippen molar-refractivity contribution in [1.29, 1.82) is 0 Å². The Balaban J connectivity index is 1.88. The van der Waals surface area contributed by atoms with Gasteiger partial charge in [-0.1, -0.05) is 44.2 Å². The minimum Gasteiger partial charge on any atom is -0.481 e. The Labute approximate surface area is 148 Å². The molecular weight excluding hydrogens is 316 g/mol. The zero-order valence-corrected chi connectivity index (χ0v) is 15.0. The standard InChI is InChI=1S/C20H24N2O3/c1-13(2)16-9-11-17(12-10-16)25-15(4)19(23)21-22-20(24)18-8-6-5-7-14(18)3/h5-13,15H,1-4H3,(H,21,23)(H,22,24). The van der Waals surface area contributed by atoms with Crippen LogP contribution in [0.25, 0.3) is 0 Å². The summed E-state index contributed by atoms with van der Waals surface area (Å²) in [6.45, 7) is 7.70. The normalized spacial score (nSPS) is 11.7. The number of carbonyl (C=O) groups is 2. The molecule has 0 radical (unpaired) electrons. The summed E-state index contributed by atoms with van der Waals surface area (Å²) in [7, 11) is 0. The first-order valence-electron chi connectivity index (χ1n) is 8.31. The highest BCUT2D eigenvalue weighted by molar-refractivity contribution is 5.96. The predicted molar refractivity (Wildman–Crippen MR) is 97.4 cm³/mol. The molecule has 25 heavy (non-hydrogen) atoms. The van der Waals surface area contributed by atoms with Crippen molar-refractivity contribution < 1.29 is 14.3 Å². The quantitative estimate of drug-likeness (QED) is 0.820. The summed E-state index contributed by atoms with van der Waals surface area (Å²) in [6.07, 6.45) is -0.734. The summed E-state index contributed by atoms with van der Waals surface area (Å²) in [4.78, 5) is 24.2. The zero-order valence-electron chi connectivity index (χ0n) is 15.0. The lowest BCUT2D eigenvalue weighted by molar-refractivity contribution is -0.128. The van der Waals surface area contributed by atoms with E-state index in [2.05, 4.69) is 24.7 Å². The van der Waals surface area contributed by atoms with Crippen molar-refractivity contribution in [3.63, 3.8) is 0 Å². The Hall–Kier alpha value is -2.82. The highest BCUT2D eigenvalue weighted by Gasteiger charge is 2.16. The van der Waals surface area contributed by atoms with Gasteiger partial charge in [-0.05, 0) is 49.1 Å². The minimum atomic E-state index is -0.734. The monoisotopic (exact) mass is 340 g/mol. The number of carbonyl (C=O) groups excluding carboxylic acids is 2. The van der Waals surface area contributed by atoms with Crippen LogP contribution in [0.3, 0.4) is 0 Å². The van der Waals surface area contributed by atoms with Gasteiger partial charge in [-0.3, -0.25) is 20.4 Å². The van der Waals surface area contributed by atoms with Crippen LogP contribution in [0.1, 0.15) is 48.2 Å². The summed E-state index contributed by atoms with van der Waals surface area (Å²) < 4.78 is 5.61. The van der Waals surface area contributed by atoms with Gasteiger partial charge in [0.1, 0.15) is 5.75 Å². The Morgan fingerprint density at radius 1 is 0.920 bits per heavy atom. The van der Waals surface area contributed by atoms with Gasteiger partial charge >= 0.3 is 0 Å². The van der Waals surface area contributed by atoms with Crippen LogP contribution in [0, 0.1) is 6.92 Å². The van der Waals surface area contributed by atoms with Crippen molar-refractivity contribution in [2.75, 3.05) is 0 Å². The molecule has 0 saturated heterocycles. The summed E-state index contributed by atoms with van der Waals surface area (Å²) in [5.74, 6) is 0.263. The molecule has 2 aromatic carbocycles. The molecule has 2 amide bonds. The van der Waals surface area contributed by atoms with Crippen LogP contribution < -0.4 is 15.6 Å². The molecule has 0 aliphatic carbocycles. The van der Waals surface area contributed by atoms with E-state index < -0.39 is 12.0 Å². The molecule has 2 N–H and O–H groups in total. The molecule has 0 bridgehead atoms. The maximum atomic E-state index is 12.1. The third kappa shape index (κ3) is 5.08. The van der Waals surface area contributed by atoms with Gasteiger partial charge in [0, 0.05) is 5.56 Å². The van der Waals surface area contributed by atoms with Gasteiger partial charge in [0.15, 0.2) is 6.10 Å². The molecule has 0 heterocycles. The summed E-state index contributed by atoms with van der Waals surface area (Å²) in [5.41, 5.74) is 7.36. The number of benzene rings is 2. The molecule has 1 unspecified atom stereocenters. The number of rotatable bonds is 5. The van der Waals surface area contributed by atoms with Gasteiger partial charge in [0.05, 0.1) is 0 Å². The lowest BCUT2D eigenvalue weighted by Gasteiger charge is -2.16. The number of nitrogens with one attached hydrogen (secondary N) is 2. The molecule has 1 atom stereocenters. The number of amides is 2. The van der Waals surface area contributed by atoms with Crippen molar-refractivity contribution in [3.8, 4) is 5.75 Å². The number of hydrogen-bond donors (Lipinski definition) is 2. The third-order valence-corrected chi connectivity index (χ3v) is 3.92. The minimum absolute atomic E-state index is 0.361. The van der Waals surface area contributed by atoms with Gasteiger partial charge in [-0.25, -0.2) is 0 Å². The molecule has 0 aliphatic heterocycles. The van der Waals surface area contributed by atoms with Gasteiger partial charge < -0.3 is 4.74 Å². The van der Waals surface area contributed by atoms with E-state index in [1.807, 2.05) is 43.3 Å². The van der Waals surface area contributed by atoms with E-state index >= 15 is 0 Å². The Morgan fingerprint density at radius 3 is 2.16 bits per heavy atom. The fourth-order valence-corrected chi connectivity index (χ4v) is 2.30. The van der Waals surface area contributed by atoms with Crippen LogP contribution in [-0.2, 0) is 4.79 Å². The molecule has 0 saturated carbocycles. The SMILES string of the molecule is Cc1ccccc1C(=O)NNC(=O)C(C)Oc1ccc(C(C)C)cc1. The van der Waals surface area contributed by atoms with Crippen LogP contribution in [-0.4, -0.2) is 17.9 Å². The number of ether oxygens (including phenoxy) is 1. The fourth-order valence-electron chi connectivity index (χ4n) is 2.30. The zero-order chi connectivity index (χ0) is 18.4. The van der Waals surface area contributed by atoms with Gasteiger partial charge in [-0.2, -0.15) is 0 Å². The summed E-state index contributed by atoms with van der Waals surface area (Å²) >= 11 is 0. The molecule has 0 aromatic heterocycles. The van der Waals surface area contributed by atoms with Crippen molar-refractivity contribution in [3.05, 3.63) is 65.2 Å². The number of hydrogen-bond acceptors (Lipinski definition) is 3. The van der Waals surface area contributed by atoms with Crippen molar-refractivity contribution >= 4 is 11.8 Å². The van der Waals surface area contributed by atoms with Crippen molar-refractivity contribution in [2.45, 2.75) is 39.7 Å². The summed E-state index contributed by atoms with van der Waals surface area (Å²) in [5, 5.41) is 0. The average molecular weight is 340 g/mol. The predicted octanol–water partition coefficient (Wildman–Crippen LogP) is 3.35. The first-order valence-corrected chi connectivity index (χ1v) is 8.31. The molecule has 0 spiro atoms. The van der Waals surface area contributed by atoms with Crippen molar-refractivity contribution in [2.24, 2.45) is 0 Å². The second-order valence-electron chi connectivity index (χ2n) is 6.24. The van der Waals surface area contributed by atoms with Crippen molar-refractivity contribution in [1.82, 2.24) is 10.9 Å². The average Bonchev–Trinajstić information content (AvgIpc) is 2.60. The smallest absolute Gasteiger partial charge is 0.279 e. The fraction of sp³-hybridized carbons (Fsp3) is 0.300. The first-order chi connectivity index (χ1) is 11.9. The highest BCUT2D eigenvalue weighted by atomic mass is 16.5. The van der Waals surface area contributed by atoms with Gasteiger partial charge in [0.2, 0.25) is 0 Å². The molecule has 132 valence electrons. The lowest BCUT2D eigenvalue weighted by Crippen LogP contribution is -2.47. The number of hydrazine groups is 1. The van der Waals surface area contributed by atoms with Crippen LogP contribution >= 0.6 is 0 Å². The summed E-state index contributed by atoms with van der Waals surface area (Å²) in [6, 6.07) is 14.8. The Kier molecular flexibility index (Phi) is 6.17. The van der Waals surface area contributed by atoms with E-state index in [-0.39, 0.29) is 5.91 Å². The van der Waals surface area contributed by atoms with Crippen LogP contribution in [0.5, 0.6) is 5.75 Å². The second-order valence-corrected chi connectivity index (χ2v) is 6.24. The lowest BCUT2D eigenvalue weighted by atomic mass is 10.0. The maximum absolute atomic E-state index is 12.1. The van der Waals surface area contributed by atoms with Gasteiger partial charge in [0.25, 0.3) is 11.8 Å². The van der Waals surface area contributed by atoms with Crippen LogP contribution in [0.4, 0.5) is 0 Å². The Morgan fingerprint density at radius 2 is 1.56 bits per heavy atom. The largest absolute Gasteiger partial charge is 0.481 e. The van der Waals surface area contributed by atoms with E-state index in [4.69, 9.17) is 4.74 Å². The highest BCUT2D eigenvalue weighted by Crippen LogP contribution is 2.19. The molecule has 0 fully saturated rings. The molecule has 2 rings (SSSR count). The Bertz CT molecular complexity index is 739. The second kappa shape index (κ2) is 8.33. The molecule has 5 nitrogen and oxygen atoms in total. The first kappa shape index (κ1) is 18.5. The van der Waals surface area contributed by atoms with E-state index in [1.54, 1.807) is 19.1 Å². The van der Waals surface area contributed by atoms with Crippen LogP contribution in [0.15, 0.2) is 48.5 Å². The topological polar surface area (TPSA) is 67.4 Å². The van der Waals surface area contributed by atoms with E-state index in [1.165, 1.54) is 5.56 Å².